The molecular formula is C11H19N3OS. The summed E-state index contributed by atoms with van der Waals surface area (Å²) in [6, 6.07) is 0.551. The van der Waals surface area contributed by atoms with Gasteiger partial charge in [0.25, 0.3) is 0 Å². The number of morpholine rings is 1. The quantitative estimate of drug-likeness (QED) is 0.779. The van der Waals surface area contributed by atoms with E-state index in [1.807, 2.05) is 5.51 Å². The van der Waals surface area contributed by atoms with Crippen LogP contribution in [0.5, 0.6) is 0 Å². The molecule has 0 aromatic carbocycles. The van der Waals surface area contributed by atoms with Crippen molar-refractivity contribution in [2.75, 3.05) is 32.8 Å². The molecule has 1 aliphatic rings. The Morgan fingerprint density at radius 3 is 3.38 bits per heavy atom. The van der Waals surface area contributed by atoms with Crippen LogP contribution < -0.4 is 5.32 Å². The van der Waals surface area contributed by atoms with E-state index < -0.39 is 0 Å². The predicted molar refractivity (Wildman–Crippen MR) is 65.7 cm³/mol. The van der Waals surface area contributed by atoms with Gasteiger partial charge in [0.05, 0.1) is 24.4 Å². The zero-order valence-electron chi connectivity index (χ0n) is 9.69. The van der Waals surface area contributed by atoms with E-state index in [2.05, 4.69) is 27.5 Å². The monoisotopic (exact) mass is 241 g/mol. The van der Waals surface area contributed by atoms with Crippen molar-refractivity contribution in [3.63, 3.8) is 0 Å². The van der Waals surface area contributed by atoms with Crippen LogP contribution in [0, 0.1) is 0 Å². The lowest BCUT2D eigenvalue weighted by molar-refractivity contribution is 0.000399. The Kier molecular flexibility index (Phi) is 4.71. The first-order valence-corrected chi connectivity index (χ1v) is 6.70. The van der Waals surface area contributed by atoms with Crippen LogP contribution in [-0.2, 0) is 11.3 Å². The second-order valence-electron chi connectivity index (χ2n) is 4.12. The summed E-state index contributed by atoms with van der Waals surface area (Å²) >= 11 is 1.65. The average Bonchev–Trinajstić information content (AvgIpc) is 2.79. The fourth-order valence-corrected chi connectivity index (χ4v) is 2.42. The summed E-state index contributed by atoms with van der Waals surface area (Å²) in [7, 11) is 0. The average molecular weight is 241 g/mol. The Morgan fingerprint density at radius 1 is 1.69 bits per heavy atom. The second kappa shape index (κ2) is 6.30. The molecule has 1 atom stereocenters. The summed E-state index contributed by atoms with van der Waals surface area (Å²) in [4.78, 5) is 6.71. The van der Waals surface area contributed by atoms with E-state index in [-0.39, 0.29) is 0 Å². The molecule has 90 valence electrons. The van der Waals surface area contributed by atoms with Crippen LogP contribution in [0.3, 0.4) is 0 Å². The number of thiazole rings is 1. The van der Waals surface area contributed by atoms with Gasteiger partial charge >= 0.3 is 0 Å². The van der Waals surface area contributed by atoms with Gasteiger partial charge < -0.3 is 10.1 Å². The minimum Gasteiger partial charge on any atom is -0.379 e. The summed E-state index contributed by atoms with van der Waals surface area (Å²) in [6.45, 7) is 8.00. The molecule has 2 heterocycles. The molecule has 0 amide bonds. The standard InChI is InChI=1S/C11H19N3OS/c1-10-7-15-5-4-14(10)3-2-12-6-11-8-16-9-13-11/h8-10,12H,2-7H2,1H3. The molecule has 2 rings (SSSR count). The Morgan fingerprint density at radius 2 is 2.62 bits per heavy atom. The molecule has 0 saturated carbocycles. The number of rotatable bonds is 5. The number of hydrogen-bond donors (Lipinski definition) is 1. The van der Waals surface area contributed by atoms with Gasteiger partial charge in [0.15, 0.2) is 0 Å². The molecule has 1 N–H and O–H groups in total. The molecule has 1 saturated heterocycles. The molecule has 0 radical (unpaired) electrons. The Labute approximate surface area is 101 Å². The molecule has 0 aliphatic carbocycles. The van der Waals surface area contributed by atoms with Crippen LogP contribution >= 0.6 is 11.3 Å². The molecule has 16 heavy (non-hydrogen) atoms. The van der Waals surface area contributed by atoms with E-state index in [1.54, 1.807) is 11.3 Å². The van der Waals surface area contributed by atoms with E-state index in [0.717, 1.165) is 45.1 Å². The summed E-state index contributed by atoms with van der Waals surface area (Å²) in [5, 5.41) is 5.50. The van der Waals surface area contributed by atoms with E-state index in [4.69, 9.17) is 4.74 Å². The van der Waals surface area contributed by atoms with Crippen molar-refractivity contribution in [2.45, 2.75) is 19.5 Å². The number of nitrogens with zero attached hydrogens (tertiary/aromatic N) is 2. The summed E-state index contributed by atoms with van der Waals surface area (Å²) in [5.74, 6) is 0. The maximum absolute atomic E-state index is 5.41. The van der Waals surface area contributed by atoms with Gasteiger partial charge in [0.1, 0.15) is 0 Å². The molecule has 4 nitrogen and oxygen atoms in total. The third kappa shape index (κ3) is 3.52. The van der Waals surface area contributed by atoms with Crippen LogP contribution in [0.15, 0.2) is 10.9 Å². The molecule has 1 fully saturated rings. The summed E-state index contributed by atoms with van der Waals surface area (Å²) < 4.78 is 5.41. The summed E-state index contributed by atoms with van der Waals surface area (Å²) in [6.07, 6.45) is 0. The third-order valence-electron chi connectivity index (χ3n) is 2.87. The normalized spacial score (nSPS) is 22.4. The van der Waals surface area contributed by atoms with Gasteiger partial charge in [-0.3, -0.25) is 4.90 Å². The third-order valence-corrected chi connectivity index (χ3v) is 3.51. The van der Waals surface area contributed by atoms with E-state index in [1.165, 1.54) is 0 Å². The maximum atomic E-state index is 5.41. The van der Waals surface area contributed by atoms with Crippen molar-refractivity contribution in [3.8, 4) is 0 Å². The molecule has 0 bridgehead atoms. The van der Waals surface area contributed by atoms with Gasteiger partial charge in [-0.25, -0.2) is 4.98 Å². The molecule has 1 aliphatic heterocycles. The van der Waals surface area contributed by atoms with Crippen LogP contribution in [-0.4, -0.2) is 48.8 Å². The highest BCUT2D eigenvalue weighted by molar-refractivity contribution is 7.07. The van der Waals surface area contributed by atoms with Gasteiger partial charge in [0.2, 0.25) is 0 Å². The Hall–Kier alpha value is -0.490. The first kappa shape index (κ1) is 12.0. The molecule has 1 aromatic rings. The van der Waals surface area contributed by atoms with Gasteiger partial charge in [-0.05, 0) is 6.92 Å². The van der Waals surface area contributed by atoms with Crippen molar-refractivity contribution in [1.29, 1.82) is 0 Å². The zero-order chi connectivity index (χ0) is 11.2. The van der Waals surface area contributed by atoms with E-state index in [0.29, 0.717) is 6.04 Å². The predicted octanol–water partition coefficient (Wildman–Crippen LogP) is 0.953. The smallest absolute Gasteiger partial charge is 0.0795 e. The van der Waals surface area contributed by atoms with Crippen molar-refractivity contribution in [1.82, 2.24) is 15.2 Å². The largest absolute Gasteiger partial charge is 0.379 e. The minimum atomic E-state index is 0.551. The molecule has 5 heteroatoms. The topological polar surface area (TPSA) is 37.4 Å². The van der Waals surface area contributed by atoms with Crippen molar-refractivity contribution < 1.29 is 4.74 Å². The second-order valence-corrected chi connectivity index (χ2v) is 4.84. The fourth-order valence-electron chi connectivity index (χ4n) is 1.86. The van der Waals surface area contributed by atoms with E-state index in [9.17, 15) is 0 Å². The van der Waals surface area contributed by atoms with Crippen LogP contribution in [0.25, 0.3) is 0 Å². The first-order chi connectivity index (χ1) is 7.86. The van der Waals surface area contributed by atoms with Crippen molar-refractivity contribution in [2.24, 2.45) is 0 Å². The van der Waals surface area contributed by atoms with Crippen LogP contribution in [0.2, 0.25) is 0 Å². The molecule has 1 aromatic heterocycles. The molecule has 1 unspecified atom stereocenters. The first-order valence-electron chi connectivity index (χ1n) is 5.76. The van der Waals surface area contributed by atoms with Crippen molar-refractivity contribution >= 4 is 11.3 Å². The Bertz CT molecular complexity index is 291. The lowest BCUT2D eigenvalue weighted by atomic mass is 10.2. The number of hydrogen-bond acceptors (Lipinski definition) is 5. The lowest BCUT2D eigenvalue weighted by Crippen LogP contribution is -2.46. The minimum absolute atomic E-state index is 0.551. The van der Waals surface area contributed by atoms with Gasteiger partial charge in [-0.15, -0.1) is 11.3 Å². The summed E-state index contributed by atoms with van der Waals surface area (Å²) in [5.41, 5.74) is 3.01. The van der Waals surface area contributed by atoms with Crippen LogP contribution in [0.4, 0.5) is 0 Å². The maximum Gasteiger partial charge on any atom is 0.0795 e. The Balaban J connectivity index is 1.60. The van der Waals surface area contributed by atoms with Crippen molar-refractivity contribution in [3.05, 3.63) is 16.6 Å². The van der Waals surface area contributed by atoms with Gasteiger partial charge in [-0.2, -0.15) is 0 Å². The van der Waals surface area contributed by atoms with Gasteiger partial charge in [0, 0.05) is 37.6 Å². The van der Waals surface area contributed by atoms with Crippen LogP contribution in [0.1, 0.15) is 12.6 Å². The number of nitrogens with one attached hydrogen (secondary N) is 1. The van der Waals surface area contributed by atoms with Gasteiger partial charge in [-0.1, -0.05) is 0 Å². The molecule has 0 spiro atoms. The fraction of sp³-hybridized carbons (Fsp3) is 0.727. The SMILES string of the molecule is CC1COCCN1CCNCc1cscn1. The lowest BCUT2D eigenvalue weighted by Gasteiger charge is -2.33. The highest BCUT2D eigenvalue weighted by atomic mass is 32.1. The zero-order valence-corrected chi connectivity index (χ0v) is 10.5. The highest BCUT2D eigenvalue weighted by Gasteiger charge is 2.17. The number of ether oxygens (including phenoxy) is 1. The number of aromatic nitrogens is 1. The van der Waals surface area contributed by atoms with E-state index >= 15 is 0 Å². The molecular weight excluding hydrogens is 222 g/mol. The highest BCUT2D eigenvalue weighted by Crippen LogP contribution is 2.04.